The largest absolute Gasteiger partial charge is 0.351 e. The second-order valence-electron chi connectivity index (χ2n) is 3.46. The molecule has 0 saturated heterocycles. The van der Waals surface area contributed by atoms with Crippen LogP contribution in [0.1, 0.15) is 20.3 Å². The highest BCUT2D eigenvalue weighted by Crippen LogP contribution is 2.03. The molecular formula is C8H19N3O. The molecule has 0 spiro atoms. The fourth-order valence-electron chi connectivity index (χ4n) is 0.786. The first-order valence-corrected chi connectivity index (χ1v) is 4.21. The third-order valence-corrected chi connectivity index (χ3v) is 2.03. The van der Waals surface area contributed by atoms with E-state index in [9.17, 15) is 4.79 Å². The van der Waals surface area contributed by atoms with Crippen LogP contribution in [0, 0.1) is 5.92 Å². The van der Waals surface area contributed by atoms with Crippen LogP contribution < -0.4 is 11.5 Å². The Balaban J connectivity index is 3.61. The van der Waals surface area contributed by atoms with Crippen LogP contribution in [0.4, 0.5) is 4.79 Å². The van der Waals surface area contributed by atoms with Gasteiger partial charge in [0.1, 0.15) is 0 Å². The van der Waals surface area contributed by atoms with Gasteiger partial charge in [-0.05, 0) is 12.3 Å². The molecule has 0 rings (SSSR count). The number of amides is 2. The lowest BCUT2D eigenvalue weighted by atomic mass is 10.0. The summed E-state index contributed by atoms with van der Waals surface area (Å²) in [6.45, 7) is 4.76. The third kappa shape index (κ3) is 4.18. The summed E-state index contributed by atoms with van der Waals surface area (Å²) in [6.07, 6.45) is 0.803. The minimum Gasteiger partial charge on any atom is -0.351 e. The van der Waals surface area contributed by atoms with E-state index in [0.717, 1.165) is 6.42 Å². The summed E-state index contributed by atoms with van der Waals surface area (Å²) in [4.78, 5) is 12.1. The zero-order chi connectivity index (χ0) is 9.72. The third-order valence-electron chi connectivity index (χ3n) is 2.03. The zero-order valence-electron chi connectivity index (χ0n) is 8.08. The molecule has 4 N–H and O–H groups in total. The average molecular weight is 173 g/mol. The summed E-state index contributed by atoms with van der Waals surface area (Å²) in [5.74, 6) is 0.450. The van der Waals surface area contributed by atoms with Gasteiger partial charge in [-0.3, -0.25) is 0 Å². The van der Waals surface area contributed by atoms with Gasteiger partial charge in [-0.15, -0.1) is 0 Å². The molecule has 0 heterocycles. The van der Waals surface area contributed by atoms with Gasteiger partial charge in [0, 0.05) is 19.6 Å². The summed E-state index contributed by atoms with van der Waals surface area (Å²) >= 11 is 0. The Morgan fingerprint density at radius 2 is 2.00 bits per heavy atom. The number of primary amides is 1. The van der Waals surface area contributed by atoms with Gasteiger partial charge in [0.2, 0.25) is 0 Å². The van der Waals surface area contributed by atoms with Crippen LogP contribution in [0.5, 0.6) is 0 Å². The van der Waals surface area contributed by atoms with Gasteiger partial charge in [0.25, 0.3) is 0 Å². The Labute approximate surface area is 73.9 Å². The van der Waals surface area contributed by atoms with Gasteiger partial charge in [0.15, 0.2) is 0 Å². The molecule has 0 aromatic rings. The van der Waals surface area contributed by atoms with Crippen molar-refractivity contribution in [2.45, 2.75) is 26.3 Å². The van der Waals surface area contributed by atoms with E-state index in [2.05, 4.69) is 13.8 Å². The van der Waals surface area contributed by atoms with Crippen LogP contribution in [0.25, 0.3) is 0 Å². The quantitative estimate of drug-likeness (QED) is 0.644. The summed E-state index contributed by atoms with van der Waals surface area (Å²) < 4.78 is 0. The smallest absolute Gasteiger partial charge is 0.314 e. The van der Waals surface area contributed by atoms with Crippen molar-refractivity contribution in [2.24, 2.45) is 17.4 Å². The Kier molecular flexibility index (Phi) is 4.66. The Bertz CT molecular complexity index is 147. The molecule has 1 unspecified atom stereocenters. The van der Waals surface area contributed by atoms with E-state index in [4.69, 9.17) is 11.5 Å². The lowest BCUT2D eigenvalue weighted by Gasteiger charge is -2.19. The summed E-state index contributed by atoms with van der Waals surface area (Å²) in [6, 6.07) is -0.252. The highest BCUT2D eigenvalue weighted by atomic mass is 16.2. The van der Waals surface area contributed by atoms with E-state index in [-0.39, 0.29) is 6.04 Å². The molecular weight excluding hydrogens is 154 g/mol. The van der Waals surface area contributed by atoms with Crippen molar-refractivity contribution in [3.05, 3.63) is 0 Å². The highest BCUT2D eigenvalue weighted by molar-refractivity contribution is 5.71. The van der Waals surface area contributed by atoms with E-state index < -0.39 is 6.03 Å². The molecule has 0 aromatic carbocycles. The normalized spacial score (nSPS) is 13.1. The zero-order valence-corrected chi connectivity index (χ0v) is 8.08. The van der Waals surface area contributed by atoms with Gasteiger partial charge < -0.3 is 16.4 Å². The second-order valence-corrected chi connectivity index (χ2v) is 3.46. The Hall–Kier alpha value is -0.770. The number of carbonyl (C=O) groups is 1. The van der Waals surface area contributed by atoms with Crippen LogP contribution in [0.15, 0.2) is 0 Å². The monoisotopic (exact) mass is 173 g/mol. The van der Waals surface area contributed by atoms with Crippen molar-refractivity contribution >= 4 is 6.03 Å². The lowest BCUT2D eigenvalue weighted by molar-refractivity contribution is 0.215. The van der Waals surface area contributed by atoms with Crippen LogP contribution in [0.3, 0.4) is 0 Å². The predicted molar refractivity (Wildman–Crippen MR) is 49.6 cm³/mol. The van der Waals surface area contributed by atoms with Crippen molar-refractivity contribution in [3.8, 4) is 0 Å². The number of nitrogens with zero attached hydrogens (tertiary/aromatic N) is 1. The van der Waals surface area contributed by atoms with Crippen molar-refractivity contribution in [1.82, 2.24) is 4.90 Å². The molecule has 72 valence electrons. The van der Waals surface area contributed by atoms with Crippen molar-refractivity contribution in [3.63, 3.8) is 0 Å². The number of urea groups is 1. The molecule has 0 bridgehead atoms. The number of hydrogen-bond donors (Lipinski definition) is 2. The first-order valence-electron chi connectivity index (χ1n) is 4.21. The van der Waals surface area contributed by atoms with Crippen molar-refractivity contribution < 1.29 is 4.79 Å². The first-order chi connectivity index (χ1) is 5.45. The highest BCUT2D eigenvalue weighted by Gasteiger charge is 2.09. The molecule has 0 fully saturated rings. The number of nitrogens with two attached hydrogens (primary N) is 2. The number of rotatable bonds is 4. The second kappa shape index (κ2) is 4.98. The van der Waals surface area contributed by atoms with Crippen molar-refractivity contribution in [2.75, 3.05) is 13.6 Å². The van der Waals surface area contributed by atoms with Crippen LogP contribution in [-0.2, 0) is 0 Å². The van der Waals surface area contributed by atoms with Crippen LogP contribution in [-0.4, -0.2) is 30.6 Å². The lowest BCUT2D eigenvalue weighted by Crippen LogP contribution is -2.37. The molecule has 2 amide bonds. The van der Waals surface area contributed by atoms with E-state index in [1.165, 1.54) is 4.90 Å². The van der Waals surface area contributed by atoms with E-state index in [1.54, 1.807) is 7.05 Å². The minimum atomic E-state index is -0.397. The maximum atomic E-state index is 10.6. The topological polar surface area (TPSA) is 72.3 Å². The van der Waals surface area contributed by atoms with Gasteiger partial charge >= 0.3 is 6.03 Å². The standard InChI is InChI=1S/C8H19N3O/c1-6(2)7(9)4-5-11(3)8(10)12/h6-7H,4-5,9H2,1-3H3,(H2,10,12). The molecule has 0 saturated carbocycles. The molecule has 1 atom stereocenters. The Morgan fingerprint density at radius 3 is 2.33 bits per heavy atom. The molecule has 0 aliphatic heterocycles. The molecule has 4 heteroatoms. The average Bonchev–Trinajstić information content (AvgIpc) is 1.98. The molecule has 4 nitrogen and oxygen atoms in total. The predicted octanol–water partition coefficient (Wildman–Crippen LogP) is 0.370. The van der Waals surface area contributed by atoms with Gasteiger partial charge in [-0.1, -0.05) is 13.8 Å². The number of hydrogen-bond acceptors (Lipinski definition) is 2. The van der Waals surface area contributed by atoms with E-state index in [1.807, 2.05) is 0 Å². The first kappa shape index (κ1) is 11.2. The Morgan fingerprint density at radius 1 is 1.50 bits per heavy atom. The minimum absolute atomic E-state index is 0.145. The molecule has 0 aromatic heterocycles. The molecule has 0 aliphatic rings. The number of carbonyl (C=O) groups excluding carboxylic acids is 1. The van der Waals surface area contributed by atoms with Crippen molar-refractivity contribution in [1.29, 1.82) is 0 Å². The fourth-order valence-corrected chi connectivity index (χ4v) is 0.786. The van der Waals surface area contributed by atoms with E-state index >= 15 is 0 Å². The summed E-state index contributed by atoms with van der Waals surface area (Å²) in [5.41, 5.74) is 10.8. The van der Waals surface area contributed by atoms with Gasteiger partial charge in [-0.25, -0.2) is 4.79 Å². The summed E-state index contributed by atoms with van der Waals surface area (Å²) in [5, 5.41) is 0. The van der Waals surface area contributed by atoms with Gasteiger partial charge in [-0.2, -0.15) is 0 Å². The summed E-state index contributed by atoms with van der Waals surface area (Å²) in [7, 11) is 1.68. The van der Waals surface area contributed by atoms with E-state index in [0.29, 0.717) is 12.5 Å². The maximum absolute atomic E-state index is 10.6. The van der Waals surface area contributed by atoms with Crippen LogP contribution >= 0.6 is 0 Å². The maximum Gasteiger partial charge on any atom is 0.314 e. The molecule has 12 heavy (non-hydrogen) atoms. The fraction of sp³-hybridized carbons (Fsp3) is 0.875. The van der Waals surface area contributed by atoms with Crippen LogP contribution in [0.2, 0.25) is 0 Å². The van der Waals surface area contributed by atoms with Gasteiger partial charge in [0.05, 0.1) is 0 Å². The molecule has 0 radical (unpaired) electrons. The SMILES string of the molecule is CC(C)C(N)CCN(C)C(N)=O. The molecule has 0 aliphatic carbocycles.